The highest BCUT2D eigenvalue weighted by atomic mass is 32.1. The van der Waals surface area contributed by atoms with Crippen LogP contribution in [-0.2, 0) is 16.0 Å². The van der Waals surface area contributed by atoms with Gasteiger partial charge in [-0.3, -0.25) is 4.79 Å². The largest absolute Gasteiger partial charge is 0.479 e. The lowest BCUT2D eigenvalue weighted by Gasteiger charge is -2.15. The molecular formula is C13H17NO4S. The van der Waals surface area contributed by atoms with Crippen molar-refractivity contribution in [2.45, 2.75) is 12.5 Å². The second kappa shape index (κ2) is 7.81. The van der Waals surface area contributed by atoms with E-state index in [1.54, 1.807) is 0 Å². The van der Waals surface area contributed by atoms with Gasteiger partial charge in [0.25, 0.3) is 0 Å². The summed E-state index contributed by atoms with van der Waals surface area (Å²) in [4.78, 5) is 22.3. The number of carbonyl (C=O) groups excluding carboxylic acids is 1. The van der Waals surface area contributed by atoms with E-state index in [1.165, 1.54) is 0 Å². The number of thiol groups is 1. The topological polar surface area (TPSA) is 86.6 Å². The van der Waals surface area contributed by atoms with Gasteiger partial charge in [0, 0.05) is 5.75 Å². The molecule has 1 unspecified atom stereocenters. The van der Waals surface area contributed by atoms with Gasteiger partial charge in [0.05, 0.1) is 12.5 Å². The van der Waals surface area contributed by atoms with Gasteiger partial charge in [0.2, 0.25) is 5.91 Å². The van der Waals surface area contributed by atoms with Gasteiger partial charge < -0.3 is 15.5 Å². The fourth-order valence-corrected chi connectivity index (χ4v) is 1.86. The molecule has 0 fully saturated rings. The van der Waals surface area contributed by atoms with Crippen molar-refractivity contribution in [3.05, 3.63) is 35.9 Å². The van der Waals surface area contributed by atoms with Crippen molar-refractivity contribution >= 4 is 24.5 Å². The third-order valence-corrected chi connectivity index (χ3v) is 3.11. The van der Waals surface area contributed by atoms with E-state index in [2.05, 4.69) is 17.9 Å². The minimum Gasteiger partial charge on any atom is -0.479 e. The molecule has 1 rings (SSSR count). The van der Waals surface area contributed by atoms with E-state index in [0.717, 1.165) is 5.56 Å². The lowest BCUT2D eigenvalue weighted by atomic mass is 10.0. The van der Waals surface area contributed by atoms with Crippen molar-refractivity contribution in [3.63, 3.8) is 0 Å². The molecule has 0 aliphatic carbocycles. The summed E-state index contributed by atoms with van der Waals surface area (Å²) >= 11 is 4.13. The smallest absolute Gasteiger partial charge is 0.334 e. The third-order valence-electron chi connectivity index (χ3n) is 2.67. The number of carbonyl (C=O) groups is 2. The van der Waals surface area contributed by atoms with Crippen LogP contribution in [0.2, 0.25) is 0 Å². The number of carboxylic acid groups (broad SMARTS) is 1. The van der Waals surface area contributed by atoms with Crippen molar-refractivity contribution < 1.29 is 19.8 Å². The number of benzene rings is 1. The number of aliphatic carboxylic acids is 1. The van der Waals surface area contributed by atoms with E-state index in [4.69, 9.17) is 10.2 Å². The molecule has 0 saturated heterocycles. The van der Waals surface area contributed by atoms with Gasteiger partial charge in [0.1, 0.15) is 0 Å². The van der Waals surface area contributed by atoms with Crippen molar-refractivity contribution in [1.29, 1.82) is 0 Å². The predicted octanol–water partition coefficient (Wildman–Crippen LogP) is 0.337. The van der Waals surface area contributed by atoms with Crippen LogP contribution in [0.15, 0.2) is 30.3 Å². The Kier molecular flexibility index (Phi) is 6.38. The Bertz CT molecular complexity index is 424. The molecule has 0 aliphatic rings. The van der Waals surface area contributed by atoms with Crippen LogP contribution in [0.1, 0.15) is 5.56 Å². The normalized spacial score (nSPS) is 13.6. The molecule has 0 aliphatic heterocycles. The first-order valence-corrected chi connectivity index (χ1v) is 6.51. The highest BCUT2D eigenvalue weighted by Crippen LogP contribution is 2.10. The maximum absolute atomic E-state index is 11.8. The number of amides is 1. The van der Waals surface area contributed by atoms with Crippen LogP contribution in [0, 0.1) is 5.92 Å². The molecule has 1 amide bonds. The minimum atomic E-state index is -1.58. The lowest BCUT2D eigenvalue weighted by molar-refractivity contribution is -0.146. The average molecular weight is 283 g/mol. The van der Waals surface area contributed by atoms with Crippen LogP contribution >= 0.6 is 12.6 Å². The van der Waals surface area contributed by atoms with Crippen molar-refractivity contribution in [2.24, 2.45) is 5.92 Å². The molecule has 0 bridgehead atoms. The minimum absolute atomic E-state index is 0.298. The zero-order valence-electron chi connectivity index (χ0n) is 10.3. The second-order valence-corrected chi connectivity index (χ2v) is 4.53. The van der Waals surface area contributed by atoms with Crippen LogP contribution in [0.4, 0.5) is 0 Å². The highest BCUT2D eigenvalue weighted by Gasteiger charge is 2.20. The Hall–Kier alpha value is -1.53. The molecule has 104 valence electrons. The quantitative estimate of drug-likeness (QED) is 0.543. The Morgan fingerprint density at radius 3 is 2.42 bits per heavy atom. The average Bonchev–Trinajstić information content (AvgIpc) is 2.42. The van der Waals surface area contributed by atoms with Crippen LogP contribution in [0.3, 0.4) is 0 Å². The number of rotatable bonds is 7. The number of hydrogen-bond donors (Lipinski definition) is 4. The molecule has 5 nitrogen and oxygen atoms in total. The first-order valence-electron chi connectivity index (χ1n) is 5.88. The number of carboxylic acids is 1. The highest BCUT2D eigenvalue weighted by molar-refractivity contribution is 7.80. The molecule has 3 N–H and O–H groups in total. The fourth-order valence-electron chi connectivity index (χ4n) is 1.57. The zero-order chi connectivity index (χ0) is 14.3. The van der Waals surface area contributed by atoms with Crippen LogP contribution in [-0.4, -0.2) is 40.5 Å². The van der Waals surface area contributed by atoms with Crippen molar-refractivity contribution in [2.75, 3.05) is 12.3 Å². The SMILES string of the molecule is O=C(NC[C@H](O)C(=O)O)C(CS)Cc1ccccc1. The monoisotopic (exact) mass is 283 g/mol. The molecule has 19 heavy (non-hydrogen) atoms. The summed E-state index contributed by atoms with van der Waals surface area (Å²) in [7, 11) is 0. The van der Waals surface area contributed by atoms with Gasteiger partial charge in [-0.1, -0.05) is 30.3 Å². The van der Waals surface area contributed by atoms with Gasteiger partial charge in [-0.15, -0.1) is 0 Å². The molecule has 0 spiro atoms. The Morgan fingerprint density at radius 2 is 1.89 bits per heavy atom. The molecule has 0 heterocycles. The summed E-state index contributed by atoms with van der Waals surface area (Å²) in [5, 5.41) is 20.0. The van der Waals surface area contributed by atoms with Gasteiger partial charge in [-0.2, -0.15) is 12.6 Å². The number of aliphatic hydroxyl groups is 1. The van der Waals surface area contributed by atoms with E-state index in [-0.39, 0.29) is 18.4 Å². The van der Waals surface area contributed by atoms with Gasteiger partial charge in [0.15, 0.2) is 6.10 Å². The van der Waals surface area contributed by atoms with Crippen molar-refractivity contribution in [3.8, 4) is 0 Å². The van der Waals surface area contributed by atoms with E-state index in [9.17, 15) is 9.59 Å². The summed E-state index contributed by atoms with van der Waals surface area (Å²) in [6.45, 7) is -0.298. The van der Waals surface area contributed by atoms with Crippen LogP contribution in [0.25, 0.3) is 0 Å². The molecule has 6 heteroatoms. The van der Waals surface area contributed by atoms with E-state index < -0.39 is 12.1 Å². The third kappa shape index (κ3) is 5.32. The van der Waals surface area contributed by atoms with E-state index >= 15 is 0 Å². The van der Waals surface area contributed by atoms with Gasteiger partial charge in [-0.25, -0.2) is 4.79 Å². The molecule has 0 aromatic heterocycles. The Balaban J connectivity index is 2.50. The van der Waals surface area contributed by atoms with Crippen LogP contribution in [0.5, 0.6) is 0 Å². The first kappa shape index (κ1) is 15.5. The molecule has 2 atom stereocenters. The molecular weight excluding hydrogens is 266 g/mol. The summed E-state index contributed by atoms with van der Waals surface area (Å²) in [6.07, 6.45) is -1.06. The maximum atomic E-state index is 11.8. The number of nitrogens with one attached hydrogen (secondary N) is 1. The lowest BCUT2D eigenvalue weighted by Crippen LogP contribution is -2.40. The predicted molar refractivity (Wildman–Crippen MR) is 74.1 cm³/mol. The summed E-state index contributed by atoms with van der Waals surface area (Å²) in [5.41, 5.74) is 1.01. The van der Waals surface area contributed by atoms with Crippen LogP contribution < -0.4 is 5.32 Å². The number of aliphatic hydroxyl groups excluding tert-OH is 1. The van der Waals surface area contributed by atoms with E-state index in [1.807, 2.05) is 30.3 Å². The Labute approximate surface area is 117 Å². The molecule has 0 saturated carbocycles. The van der Waals surface area contributed by atoms with Gasteiger partial charge >= 0.3 is 5.97 Å². The standard InChI is InChI=1S/C13H17NO4S/c15-11(13(17)18)7-14-12(16)10(8-19)6-9-4-2-1-3-5-9/h1-5,10-11,15,19H,6-8H2,(H,14,16)(H,17,18)/t10?,11-/m0/s1. The zero-order valence-corrected chi connectivity index (χ0v) is 11.2. The molecule has 1 aromatic carbocycles. The van der Waals surface area contributed by atoms with Gasteiger partial charge in [-0.05, 0) is 12.0 Å². The Morgan fingerprint density at radius 1 is 1.26 bits per heavy atom. The molecule has 1 aromatic rings. The second-order valence-electron chi connectivity index (χ2n) is 4.17. The maximum Gasteiger partial charge on any atom is 0.334 e. The summed E-state index contributed by atoms with van der Waals surface area (Å²) < 4.78 is 0. The summed E-state index contributed by atoms with van der Waals surface area (Å²) in [6, 6.07) is 9.49. The van der Waals surface area contributed by atoms with Crippen molar-refractivity contribution in [1.82, 2.24) is 5.32 Å². The first-order chi connectivity index (χ1) is 9.04. The fraction of sp³-hybridized carbons (Fsp3) is 0.385. The summed E-state index contributed by atoms with van der Waals surface area (Å²) in [5.74, 6) is -1.67. The molecule has 0 radical (unpaired) electrons. The van der Waals surface area contributed by atoms with E-state index in [0.29, 0.717) is 12.2 Å². The number of hydrogen-bond acceptors (Lipinski definition) is 4.